The van der Waals surface area contributed by atoms with Crippen LogP contribution >= 0.6 is 0 Å². The predicted molar refractivity (Wildman–Crippen MR) is 87.0 cm³/mol. The van der Waals surface area contributed by atoms with E-state index in [2.05, 4.69) is 0 Å². The van der Waals surface area contributed by atoms with Gasteiger partial charge in [-0.2, -0.15) is 0 Å². The Morgan fingerprint density at radius 1 is 0.815 bits per heavy atom. The molecule has 154 valence electrons. The van der Waals surface area contributed by atoms with Gasteiger partial charge in [0.15, 0.2) is 24.6 Å². The molecule has 0 amide bonds. The van der Waals surface area contributed by atoms with Crippen molar-refractivity contribution in [3.8, 4) is 0 Å². The number of hydrogen-bond donors (Lipinski definition) is 1. The maximum atomic E-state index is 11.6. The zero-order valence-electron chi connectivity index (χ0n) is 15.7. The molecule has 1 aliphatic rings. The highest BCUT2D eigenvalue weighted by molar-refractivity contribution is 5.68. The van der Waals surface area contributed by atoms with Gasteiger partial charge in [-0.3, -0.25) is 19.2 Å². The van der Waals surface area contributed by atoms with E-state index in [9.17, 15) is 19.2 Å². The number of hydrogen-bond acceptors (Lipinski definition) is 11. The van der Waals surface area contributed by atoms with Gasteiger partial charge in [-0.05, 0) is 0 Å². The van der Waals surface area contributed by atoms with Crippen LogP contribution in [-0.4, -0.2) is 74.3 Å². The van der Waals surface area contributed by atoms with Crippen LogP contribution in [0, 0.1) is 0 Å². The number of rotatable bonds is 8. The highest BCUT2D eigenvalue weighted by atomic mass is 16.7. The minimum Gasteiger partial charge on any atom is -0.463 e. The summed E-state index contributed by atoms with van der Waals surface area (Å²) in [7, 11) is 0. The first-order chi connectivity index (χ1) is 12.6. The molecule has 1 aliphatic heterocycles. The summed E-state index contributed by atoms with van der Waals surface area (Å²) < 4.78 is 31.7. The lowest BCUT2D eigenvalue weighted by atomic mass is 9.98. The number of ether oxygens (including phenoxy) is 6. The third kappa shape index (κ3) is 7.49. The average molecular weight is 391 g/mol. The van der Waals surface area contributed by atoms with E-state index in [1.807, 2.05) is 0 Å². The lowest BCUT2D eigenvalue weighted by Crippen LogP contribution is -2.63. The van der Waals surface area contributed by atoms with Crippen molar-refractivity contribution in [1.29, 1.82) is 0 Å². The second-order valence-electron chi connectivity index (χ2n) is 5.73. The molecule has 1 saturated heterocycles. The van der Waals surface area contributed by atoms with Gasteiger partial charge in [0.05, 0.1) is 6.61 Å². The van der Waals surface area contributed by atoms with Crippen molar-refractivity contribution in [3.05, 3.63) is 0 Å². The minimum absolute atomic E-state index is 0.0493. The van der Waals surface area contributed by atoms with E-state index in [1.54, 1.807) is 0 Å². The molecule has 0 unspecified atom stereocenters. The summed E-state index contributed by atoms with van der Waals surface area (Å²) in [5, 5.41) is 0. The maximum absolute atomic E-state index is 11.6. The second kappa shape index (κ2) is 10.8. The lowest BCUT2D eigenvalue weighted by molar-refractivity contribution is -0.307. The van der Waals surface area contributed by atoms with Gasteiger partial charge in [0.25, 0.3) is 0 Å². The Labute approximate surface area is 156 Å². The van der Waals surface area contributed by atoms with Gasteiger partial charge in [0.1, 0.15) is 12.7 Å². The van der Waals surface area contributed by atoms with Crippen LogP contribution in [-0.2, 0) is 47.6 Å². The van der Waals surface area contributed by atoms with Crippen molar-refractivity contribution in [2.45, 2.75) is 58.4 Å². The number of nitrogens with two attached hydrogens (primary N) is 1. The van der Waals surface area contributed by atoms with Crippen molar-refractivity contribution in [1.82, 2.24) is 0 Å². The summed E-state index contributed by atoms with van der Waals surface area (Å²) in [5.74, 6) is -2.69. The summed E-state index contributed by atoms with van der Waals surface area (Å²) in [4.78, 5) is 45.8. The third-order valence-electron chi connectivity index (χ3n) is 3.35. The standard InChI is InChI=1S/C16H25NO10/c1-8(18)23-7-12-13(24-9(2)19)14(25-10(3)20)15(26-11(4)21)16(27-12)22-6-5-17/h12-16H,5-7,17H2,1-4H3/t12-,13-,14+,15-,16+/m1/s1. The Balaban J connectivity index is 3.22. The molecule has 27 heavy (non-hydrogen) atoms. The first-order valence-electron chi connectivity index (χ1n) is 8.27. The van der Waals surface area contributed by atoms with Crippen LogP contribution < -0.4 is 5.73 Å². The smallest absolute Gasteiger partial charge is 0.303 e. The van der Waals surface area contributed by atoms with Crippen LogP contribution in [0.4, 0.5) is 0 Å². The number of esters is 4. The Morgan fingerprint density at radius 3 is 1.81 bits per heavy atom. The summed E-state index contributed by atoms with van der Waals surface area (Å²) in [5.41, 5.74) is 5.42. The molecule has 0 aromatic rings. The van der Waals surface area contributed by atoms with Crippen molar-refractivity contribution >= 4 is 23.9 Å². The van der Waals surface area contributed by atoms with E-state index in [4.69, 9.17) is 34.2 Å². The molecule has 0 radical (unpaired) electrons. The molecule has 0 spiro atoms. The van der Waals surface area contributed by atoms with Crippen molar-refractivity contribution in [3.63, 3.8) is 0 Å². The molecule has 0 aromatic carbocycles. The second-order valence-corrected chi connectivity index (χ2v) is 5.73. The van der Waals surface area contributed by atoms with Gasteiger partial charge in [-0.25, -0.2) is 0 Å². The fraction of sp³-hybridized carbons (Fsp3) is 0.750. The fourth-order valence-electron chi connectivity index (χ4n) is 2.51. The Hall–Kier alpha value is -2.24. The molecule has 1 fully saturated rings. The predicted octanol–water partition coefficient (Wildman–Crippen LogP) is -0.955. The van der Waals surface area contributed by atoms with Crippen LogP contribution in [0.15, 0.2) is 0 Å². The Kier molecular flexibility index (Phi) is 9.12. The summed E-state index contributed by atoms with van der Waals surface area (Å²) in [6, 6.07) is 0. The van der Waals surface area contributed by atoms with Gasteiger partial charge in [-0.1, -0.05) is 0 Å². The van der Waals surface area contributed by atoms with Crippen molar-refractivity contribution < 1.29 is 47.6 Å². The topological polar surface area (TPSA) is 150 Å². The molecule has 11 nitrogen and oxygen atoms in total. The van der Waals surface area contributed by atoms with Gasteiger partial charge in [0.2, 0.25) is 0 Å². The van der Waals surface area contributed by atoms with Crippen LogP contribution in [0.1, 0.15) is 27.7 Å². The monoisotopic (exact) mass is 391 g/mol. The highest BCUT2D eigenvalue weighted by Crippen LogP contribution is 2.29. The van der Waals surface area contributed by atoms with E-state index in [1.165, 1.54) is 6.92 Å². The van der Waals surface area contributed by atoms with E-state index >= 15 is 0 Å². The van der Waals surface area contributed by atoms with Gasteiger partial charge in [-0.15, -0.1) is 0 Å². The third-order valence-corrected chi connectivity index (χ3v) is 3.35. The molecule has 5 atom stereocenters. The van der Waals surface area contributed by atoms with Gasteiger partial charge >= 0.3 is 23.9 Å². The first-order valence-corrected chi connectivity index (χ1v) is 8.27. The molecule has 2 N–H and O–H groups in total. The zero-order valence-corrected chi connectivity index (χ0v) is 15.7. The average Bonchev–Trinajstić information content (AvgIpc) is 2.54. The molecular formula is C16H25NO10. The summed E-state index contributed by atoms with van der Waals surface area (Å²) >= 11 is 0. The summed E-state index contributed by atoms with van der Waals surface area (Å²) in [6.07, 6.45) is -5.89. The fourth-order valence-corrected chi connectivity index (χ4v) is 2.51. The normalized spacial score (nSPS) is 27.4. The van der Waals surface area contributed by atoms with Crippen LogP contribution in [0.3, 0.4) is 0 Å². The minimum atomic E-state index is -1.24. The molecule has 1 heterocycles. The molecule has 0 bridgehead atoms. The molecular weight excluding hydrogens is 366 g/mol. The van der Waals surface area contributed by atoms with E-state index < -0.39 is 54.6 Å². The highest BCUT2D eigenvalue weighted by Gasteiger charge is 2.52. The van der Waals surface area contributed by atoms with Crippen LogP contribution in [0.25, 0.3) is 0 Å². The number of carbonyl (C=O) groups excluding carboxylic acids is 4. The van der Waals surface area contributed by atoms with Gasteiger partial charge < -0.3 is 34.2 Å². The van der Waals surface area contributed by atoms with Gasteiger partial charge in [0, 0.05) is 34.2 Å². The van der Waals surface area contributed by atoms with E-state index in [0.717, 1.165) is 20.8 Å². The molecule has 1 rings (SSSR count). The molecule has 0 saturated carbocycles. The number of carbonyl (C=O) groups is 4. The zero-order chi connectivity index (χ0) is 20.6. The molecule has 0 aliphatic carbocycles. The lowest BCUT2D eigenvalue weighted by Gasteiger charge is -2.44. The van der Waals surface area contributed by atoms with Crippen molar-refractivity contribution in [2.24, 2.45) is 5.73 Å². The van der Waals surface area contributed by atoms with Crippen LogP contribution in [0.5, 0.6) is 0 Å². The van der Waals surface area contributed by atoms with Crippen LogP contribution in [0.2, 0.25) is 0 Å². The van der Waals surface area contributed by atoms with Crippen molar-refractivity contribution in [2.75, 3.05) is 19.8 Å². The summed E-state index contributed by atoms with van der Waals surface area (Å²) in [6.45, 7) is 4.52. The SMILES string of the molecule is CC(=O)OC[C@H]1O[C@H](OCCN)[C@H](OC(C)=O)[C@@H](OC(C)=O)[C@@H]1OC(C)=O. The Morgan fingerprint density at radius 2 is 1.33 bits per heavy atom. The first kappa shape index (κ1) is 22.8. The van der Waals surface area contributed by atoms with E-state index in [0.29, 0.717) is 0 Å². The maximum Gasteiger partial charge on any atom is 0.303 e. The largest absolute Gasteiger partial charge is 0.463 e. The quantitative estimate of drug-likeness (QED) is 0.403. The molecule has 11 heteroatoms. The molecule has 0 aromatic heterocycles. The Bertz CT molecular complexity index is 551. The van der Waals surface area contributed by atoms with E-state index in [-0.39, 0.29) is 19.8 Å².